The summed E-state index contributed by atoms with van der Waals surface area (Å²) >= 11 is 5.60. The lowest BCUT2D eigenvalue weighted by Crippen LogP contribution is -2.31. The molecule has 0 bridgehead atoms. The molecule has 0 aromatic carbocycles. The Kier molecular flexibility index (Phi) is 3.54. The van der Waals surface area contributed by atoms with Crippen LogP contribution < -0.4 is 5.32 Å². The quantitative estimate of drug-likeness (QED) is 0.805. The van der Waals surface area contributed by atoms with Gasteiger partial charge in [-0.25, -0.2) is 18.7 Å². The molecule has 0 unspecified atom stereocenters. The zero-order valence-electron chi connectivity index (χ0n) is 7.04. The van der Waals surface area contributed by atoms with Crippen molar-refractivity contribution in [3.63, 3.8) is 0 Å². The maximum absolute atomic E-state index is 12.6. The van der Waals surface area contributed by atoms with E-state index in [4.69, 9.17) is 16.7 Å². The molecule has 0 saturated heterocycles. The van der Waals surface area contributed by atoms with E-state index in [1.165, 1.54) is 12.5 Å². The van der Waals surface area contributed by atoms with E-state index in [9.17, 15) is 8.78 Å². The van der Waals surface area contributed by atoms with Crippen LogP contribution in [0, 0.1) is 0 Å². The molecule has 78 valence electrons. The Morgan fingerprint density at radius 1 is 1.57 bits per heavy atom. The van der Waals surface area contributed by atoms with Crippen molar-refractivity contribution >= 4 is 17.4 Å². The Morgan fingerprint density at radius 3 is 2.86 bits per heavy atom. The Bertz CT molecular complexity index is 311. The molecule has 0 saturated carbocycles. The molecule has 0 aliphatic heterocycles. The van der Waals surface area contributed by atoms with E-state index in [0.717, 1.165) is 0 Å². The van der Waals surface area contributed by atoms with Gasteiger partial charge in [0, 0.05) is 0 Å². The summed E-state index contributed by atoms with van der Waals surface area (Å²) < 4.78 is 25.1. The smallest absolute Gasteiger partial charge is 0.287 e. The van der Waals surface area contributed by atoms with Gasteiger partial charge in [-0.3, -0.25) is 0 Å². The molecule has 1 heterocycles. The minimum atomic E-state index is -3.19. The van der Waals surface area contributed by atoms with E-state index >= 15 is 0 Å². The van der Waals surface area contributed by atoms with E-state index in [2.05, 4.69) is 15.3 Å². The fourth-order valence-corrected chi connectivity index (χ4v) is 0.884. The first-order valence-corrected chi connectivity index (χ1v) is 4.11. The van der Waals surface area contributed by atoms with Crippen LogP contribution in [-0.2, 0) is 0 Å². The van der Waals surface area contributed by atoms with Crippen LogP contribution in [0.5, 0.6) is 0 Å². The number of alkyl halides is 2. The second-order valence-electron chi connectivity index (χ2n) is 2.59. The number of rotatable bonds is 4. The first kappa shape index (κ1) is 11.1. The summed E-state index contributed by atoms with van der Waals surface area (Å²) in [7, 11) is 0. The molecule has 0 fully saturated rings. The fraction of sp³-hybridized carbons (Fsp3) is 0.429. The van der Waals surface area contributed by atoms with Crippen LogP contribution in [-0.4, -0.2) is 34.1 Å². The number of nitrogens with zero attached hydrogens (tertiary/aromatic N) is 2. The average molecular weight is 224 g/mol. The molecule has 2 N–H and O–H groups in total. The zero-order chi connectivity index (χ0) is 10.6. The topological polar surface area (TPSA) is 58.0 Å². The van der Waals surface area contributed by atoms with E-state index in [0.29, 0.717) is 0 Å². The van der Waals surface area contributed by atoms with Gasteiger partial charge in [0.1, 0.15) is 23.8 Å². The van der Waals surface area contributed by atoms with Crippen LogP contribution in [0.15, 0.2) is 12.5 Å². The lowest BCUT2D eigenvalue weighted by atomic mass is 10.3. The van der Waals surface area contributed by atoms with Crippen LogP contribution in [0.3, 0.4) is 0 Å². The Hall–Kier alpha value is -1.01. The Labute approximate surface area is 83.9 Å². The second-order valence-corrected chi connectivity index (χ2v) is 2.99. The summed E-state index contributed by atoms with van der Waals surface area (Å²) in [5.74, 6) is -3.07. The summed E-state index contributed by atoms with van der Waals surface area (Å²) in [5, 5.41) is 10.8. The maximum atomic E-state index is 12.6. The largest absolute Gasteiger partial charge is 0.390 e. The van der Waals surface area contributed by atoms with Gasteiger partial charge < -0.3 is 10.4 Å². The van der Waals surface area contributed by atoms with Crippen molar-refractivity contribution in [1.29, 1.82) is 0 Å². The minimum Gasteiger partial charge on any atom is -0.390 e. The number of anilines is 1. The van der Waals surface area contributed by atoms with E-state index in [1.807, 2.05) is 0 Å². The van der Waals surface area contributed by atoms with Crippen molar-refractivity contribution in [2.24, 2.45) is 0 Å². The predicted molar refractivity (Wildman–Crippen MR) is 47.6 cm³/mol. The molecule has 1 rings (SSSR count). The average Bonchev–Trinajstić information content (AvgIpc) is 2.17. The van der Waals surface area contributed by atoms with E-state index in [-0.39, 0.29) is 10.8 Å². The molecule has 0 spiro atoms. The lowest BCUT2D eigenvalue weighted by molar-refractivity contribution is -0.0373. The molecule has 1 aromatic rings. The van der Waals surface area contributed by atoms with Crippen LogP contribution in [0.2, 0.25) is 5.02 Å². The van der Waals surface area contributed by atoms with Crippen LogP contribution in [0.1, 0.15) is 0 Å². The molecular weight excluding hydrogens is 216 g/mol. The predicted octanol–water partition coefficient (Wildman–Crippen LogP) is 1.17. The third-order valence-electron chi connectivity index (χ3n) is 1.41. The summed E-state index contributed by atoms with van der Waals surface area (Å²) in [5.41, 5.74) is 0. The summed E-state index contributed by atoms with van der Waals surface area (Å²) in [6.07, 6.45) is 2.47. The van der Waals surface area contributed by atoms with Gasteiger partial charge >= 0.3 is 0 Å². The lowest BCUT2D eigenvalue weighted by Gasteiger charge is -2.14. The van der Waals surface area contributed by atoms with Crippen molar-refractivity contribution in [2.75, 3.05) is 18.5 Å². The first-order chi connectivity index (χ1) is 6.55. The third kappa shape index (κ3) is 3.04. The number of aliphatic hydroxyl groups excluding tert-OH is 1. The molecule has 7 heteroatoms. The van der Waals surface area contributed by atoms with Crippen molar-refractivity contribution in [1.82, 2.24) is 9.97 Å². The first-order valence-electron chi connectivity index (χ1n) is 3.73. The highest BCUT2D eigenvalue weighted by atomic mass is 35.5. The normalized spacial score (nSPS) is 11.4. The number of nitrogens with one attached hydrogen (secondary N) is 1. The van der Waals surface area contributed by atoms with Crippen LogP contribution in [0.25, 0.3) is 0 Å². The Morgan fingerprint density at radius 2 is 2.29 bits per heavy atom. The third-order valence-corrected chi connectivity index (χ3v) is 1.69. The molecule has 0 amide bonds. The van der Waals surface area contributed by atoms with Gasteiger partial charge in [-0.2, -0.15) is 0 Å². The van der Waals surface area contributed by atoms with Gasteiger partial charge in [-0.15, -0.1) is 0 Å². The van der Waals surface area contributed by atoms with Crippen molar-refractivity contribution in [3.8, 4) is 0 Å². The van der Waals surface area contributed by atoms with Crippen molar-refractivity contribution in [2.45, 2.75) is 5.92 Å². The SMILES string of the molecule is OCC(F)(F)CNc1ncncc1Cl. The van der Waals surface area contributed by atoms with Gasteiger partial charge in [0.05, 0.1) is 12.7 Å². The van der Waals surface area contributed by atoms with Crippen LogP contribution in [0.4, 0.5) is 14.6 Å². The van der Waals surface area contributed by atoms with Crippen molar-refractivity contribution < 1.29 is 13.9 Å². The highest BCUT2D eigenvalue weighted by Crippen LogP contribution is 2.18. The van der Waals surface area contributed by atoms with Gasteiger partial charge in [-0.1, -0.05) is 11.6 Å². The van der Waals surface area contributed by atoms with E-state index < -0.39 is 19.1 Å². The van der Waals surface area contributed by atoms with Gasteiger partial charge in [0.15, 0.2) is 0 Å². The Balaban J connectivity index is 2.58. The molecule has 1 aromatic heterocycles. The summed E-state index contributed by atoms with van der Waals surface area (Å²) in [6, 6.07) is 0. The van der Waals surface area contributed by atoms with Crippen molar-refractivity contribution in [3.05, 3.63) is 17.5 Å². The fourth-order valence-electron chi connectivity index (χ4n) is 0.712. The highest BCUT2D eigenvalue weighted by molar-refractivity contribution is 6.32. The van der Waals surface area contributed by atoms with E-state index in [1.54, 1.807) is 0 Å². The number of halogens is 3. The van der Waals surface area contributed by atoms with Gasteiger partial charge in [0.2, 0.25) is 0 Å². The van der Waals surface area contributed by atoms with Gasteiger partial charge in [0.25, 0.3) is 5.92 Å². The van der Waals surface area contributed by atoms with Gasteiger partial charge in [-0.05, 0) is 0 Å². The molecule has 0 aliphatic carbocycles. The van der Waals surface area contributed by atoms with Crippen LogP contribution >= 0.6 is 11.6 Å². The standard InChI is InChI=1S/C7H8ClF2N3O/c8-5-1-11-4-13-6(5)12-2-7(9,10)3-14/h1,4,14H,2-3H2,(H,11,12,13). The number of hydrogen-bond acceptors (Lipinski definition) is 4. The molecule has 0 radical (unpaired) electrons. The minimum absolute atomic E-state index is 0.120. The molecule has 0 atom stereocenters. The molecule has 0 aliphatic rings. The number of aliphatic hydroxyl groups is 1. The molecule has 14 heavy (non-hydrogen) atoms. The molecule has 4 nitrogen and oxygen atoms in total. The zero-order valence-corrected chi connectivity index (χ0v) is 7.80. The summed E-state index contributed by atoms with van der Waals surface area (Å²) in [4.78, 5) is 7.24. The second kappa shape index (κ2) is 4.47. The number of hydrogen-bond donors (Lipinski definition) is 2. The summed E-state index contributed by atoms with van der Waals surface area (Å²) in [6.45, 7) is -1.94. The maximum Gasteiger partial charge on any atom is 0.287 e. The number of aromatic nitrogens is 2. The highest BCUT2D eigenvalue weighted by Gasteiger charge is 2.27. The molecular formula is C7H8ClF2N3O. The monoisotopic (exact) mass is 223 g/mol.